The normalized spacial score (nSPS) is 14.7. The maximum absolute atomic E-state index is 11.6. The second kappa shape index (κ2) is 4.98. The van der Waals surface area contributed by atoms with Gasteiger partial charge < -0.3 is 15.5 Å². The molecule has 0 radical (unpaired) electrons. The molecule has 1 amide bonds. The Morgan fingerprint density at radius 1 is 1.53 bits per heavy atom. The highest BCUT2D eigenvalue weighted by atomic mass is 16.4. The Labute approximate surface area is 89.8 Å². The molecule has 3 N–H and O–H groups in total. The average molecular weight is 210 g/mol. The molecular formula is C11H18N2O2. The summed E-state index contributed by atoms with van der Waals surface area (Å²) in [6.07, 6.45) is 0.895. The highest BCUT2D eigenvalue weighted by Gasteiger charge is 2.14. The van der Waals surface area contributed by atoms with E-state index < -0.39 is 0 Å². The number of rotatable bonds is 4. The third-order valence-corrected chi connectivity index (χ3v) is 2.29. The van der Waals surface area contributed by atoms with E-state index in [0.717, 1.165) is 6.42 Å². The molecule has 0 aromatic carbocycles. The van der Waals surface area contributed by atoms with Crippen molar-refractivity contribution in [2.24, 2.45) is 5.73 Å². The molecule has 0 spiro atoms. The number of nitrogens with two attached hydrogens (primary N) is 1. The summed E-state index contributed by atoms with van der Waals surface area (Å²) in [6.45, 7) is 5.78. The van der Waals surface area contributed by atoms with E-state index in [9.17, 15) is 4.79 Å². The fourth-order valence-electron chi connectivity index (χ4n) is 1.12. The highest BCUT2D eigenvalue weighted by molar-refractivity contribution is 5.91. The number of amides is 1. The van der Waals surface area contributed by atoms with Crippen molar-refractivity contribution in [3.63, 3.8) is 0 Å². The molecule has 15 heavy (non-hydrogen) atoms. The number of hydrogen-bond donors (Lipinski definition) is 2. The Kier molecular flexibility index (Phi) is 3.91. The van der Waals surface area contributed by atoms with Crippen molar-refractivity contribution in [3.05, 3.63) is 23.7 Å². The quantitative estimate of drug-likeness (QED) is 0.796. The molecule has 0 aliphatic rings. The Hall–Kier alpha value is -1.29. The second-order valence-electron chi connectivity index (χ2n) is 3.77. The molecule has 0 bridgehead atoms. The van der Waals surface area contributed by atoms with Crippen LogP contribution in [0.1, 0.15) is 49.5 Å². The molecule has 0 fully saturated rings. The van der Waals surface area contributed by atoms with Gasteiger partial charge in [-0.1, -0.05) is 6.92 Å². The van der Waals surface area contributed by atoms with Gasteiger partial charge >= 0.3 is 0 Å². The van der Waals surface area contributed by atoms with Gasteiger partial charge in [-0.15, -0.1) is 0 Å². The molecule has 1 heterocycles. The molecule has 0 aliphatic carbocycles. The van der Waals surface area contributed by atoms with Crippen molar-refractivity contribution >= 4 is 5.91 Å². The lowest BCUT2D eigenvalue weighted by molar-refractivity contribution is 0.0909. The van der Waals surface area contributed by atoms with Gasteiger partial charge in [0.05, 0.1) is 6.04 Å². The van der Waals surface area contributed by atoms with Crippen LogP contribution in [0, 0.1) is 0 Å². The Bertz CT molecular complexity index is 331. The lowest BCUT2D eigenvalue weighted by Gasteiger charge is -2.09. The largest absolute Gasteiger partial charge is 0.454 e. The number of nitrogens with one attached hydrogen (secondary N) is 1. The minimum Gasteiger partial charge on any atom is -0.454 e. The van der Waals surface area contributed by atoms with Crippen molar-refractivity contribution in [2.75, 3.05) is 0 Å². The van der Waals surface area contributed by atoms with Crippen LogP contribution in [-0.2, 0) is 0 Å². The van der Waals surface area contributed by atoms with Gasteiger partial charge in [-0.3, -0.25) is 4.79 Å². The van der Waals surface area contributed by atoms with Crippen LogP contribution < -0.4 is 11.1 Å². The van der Waals surface area contributed by atoms with Gasteiger partial charge in [0.1, 0.15) is 5.76 Å². The predicted molar refractivity (Wildman–Crippen MR) is 58.5 cm³/mol. The van der Waals surface area contributed by atoms with Gasteiger partial charge in [0.2, 0.25) is 0 Å². The van der Waals surface area contributed by atoms with Gasteiger partial charge in [-0.05, 0) is 32.4 Å². The number of hydrogen-bond acceptors (Lipinski definition) is 3. The van der Waals surface area contributed by atoms with Crippen LogP contribution in [0.25, 0.3) is 0 Å². The number of carbonyl (C=O) groups is 1. The van der Waals surface area contributed by atoms with E-state index in [0.29, 0.717) is 11.5 Å². The maximum atomic E-state index is 11.6. The summed E-state index contributed by atoms with van der Waals surface area (Å²) in [5.41, 5.74) is 5.63. The van der Waals surface area contributed by atoms with Crippen LogP contribution in [0.2, 0.25) is 0 Å². The van der Waals surface area contributed by atoms with Crippen LogP contribution in [0.4, 0.5) is 0 Å². The molecule has 84 valence electrons. The monoisotopic (exact) mass is 210 g/mol. The topological polar surface area (TPSA) is 68.3 Å². The summed E-state index contributed by atoms with van der Waals surface area (Å²) in [6, 6.07) is 3.35. The summed E-state index contributed by atoms with van der Waals surface area (Å²) in [5, 5.41) is 2.82. The van der Waals surface area contributed by atoms with Gasteiger partial charge in [-0.25, -0.2) is 0 Å². The standard InChI is InChI=1S/C11H18N2O2/c1-4-7(2)13-11(14)10-6-5-9(15-10)8(3)12/h5-8H,4,12H2,1-3H3,(H,13,14). The van der Waals surface area contributed by atoms with Crippen molar-refractivity contribution in [3.8, 4) is 0 Å². The fourth-order valence-corrected chi connectivity index (χ4v) is 1.12. The number of carbonyl (C=O) groups excluding carboxylic acids is 1. The minimum atomic E-state index is -0.185. The summed E-state index contributed by atoms with van der Waals surface area (Å²) in [7, 11) is 0. The van der Waals surface area contributed by atoms with E-state index in [-0.39, 0.29) is 18.0 Å². The summed E-state index contributed by atoms with van der Waals surface area (Å²) in [5.74, 6) is 0.767. The number of furan rings is 1. The van der Waals surface area contributed by atoms with Crippen LogP contribution in [0.15, 0.2) is 16.5 Å². The molecule has 0 saturated heterocycles. The van der Waals surface area contributed by atoms with Crippen molar-refractivity contribution in [2.45, 2.75) is 39.3 Å². The van der Waals surface area contributed by atoms with Crippen LogP contribution >= 0.6 is 0 Å². The van der Waals surface area contributed by atoms with E-state index in [1.807, 2.05) is 20.8 Å². The third-order valence-electron chi connectivity index (χ3n) is 2.29. The van der Waals surface area contributed by atoms with Gasteiger partial charge in [0, 0.05) is 6.04 Å². The minimum absolute atomic E-state index is 0.154. The maximum Gasteiger partial charge on any atom is 0.287 e. The molecule has 1 aromatic rings. The molecular weight excluding hydrogens is 192 g/mol. The van der Waals surface area contributed by atoms with E-state index >= 15 is 0 Å². The first-order valence-electron chi connectivity index (χ1n) is 5.20. The molecule has 1 rings (SSSR count). The van der Waals surface area contributed by atoms with Gasteiger partial charge in [-0.2, -0.15) is 0 Å². The summed E-state index contributed by atoms with van der Waals surface area (Å²) >= 11 is 0. The Balaban J connectivity index is 2.66. The second-order valence-corrected chi connectivity index (χ2v) is 3.77. The van der Waals surface area contributed by atoms with Gasteiger partial charge in [0.15, 0.2) is 5.76 Å². The van der Waals surface area contributed by atoms with Crippen molar-refractivity contribution < 1.29 is 9.21 Å². The smallest absolute Gasteiger partial charge is 0.287 e. The molecule has 0 saturated carbocycles. The Morgan fingerprint density at radius 3 is 2.67 bits per heavy atom. The molecule has 4 nitrogen and oxygen atoms in total. The van der Waals surface area contributed by atoms with Crippen molar-refractivity contribution in [1.29, 1.82) is 0 Å². The van der Waals surface area contributed by atoms with Crippen LogP contribution in [-0.4, -0.2) is 11.9 Å². The Morgan fingerprint density at radius 2 is 2.20 bits per heavy atom. The predicted octanol–water partition coefficient (Wildman–Crippen LogP) is 1.83. The molecule has 2 atom stereocenters. The lowest BCUT2D eigenvalue weighted by atomic mass is 10.2. The zero-order valence-corrected chi connectivity index (χ0v) is 9.41. The zero-order chi connectivity index (χ0) is 11.4. The first-order chi connectivity index (χ1) is 7.04. The van der Waals surface area contributed by atoms with E-state index in [2.05, 4.69) is 5.32 Å². The fraction of sp³-hybridized carbons (Fsp3) is 0.545. The van der Waals surface area contributed by atoms with E-state index in [1.165, 1.54) is 0 Å². The molecule has 0 aliphatic heterocycles. The van der Waals surface area contributed by atoms with E-state index in [4.69, 9.17) is 10.2 Å². The highest BCUT2D eigenvalue weighted by Crippen LogP contribution is 2.14. The van der Waals surface area contributed by atoms with Crippen LogP contribution in [0.5, 0.6) is 0 Å². The first-order valence-corrected chi connectivity index (χ1v) is 5.20. The molecule has 4 heteroatoms. The summed E-state index contributed by atoms with van der Waals surface area (Å²) < 4.78 is 5.32. The third kappa shape index (κ3) is 3.09. The zero-order valence-electron chi connectivity index (χ0n) is 9.41. The molecule has 2 unspecified atom stereocenters. The SMILES string of the molecule is CCC(C)NC(=O)c1ccc(C(C)N)o1. The average Bonchev–Trinajstić information content (AvgIpc) is 2.66. The van der Waals surface area contributed by atoms with E-state index in [1.54, 1.807) is 12.1 Å². The van der Waals surface area contributed by atoms with Crippen LogP contribution in [0.3, 0.4) is 0 Å². The summed E-state index contributed by atoms with van der Waals surface area (Å²) in [4.78, 5) is 11.6. The van der Waals surface area contributed by atoms with Gasteiger partial charge in [0.25, 0.3) is 5.91 Å². The molecule has 1 aromatic heterocycles. The first kappa shape index (κ1) is 11.8. The lowest BCUT2D eigenvalue weighted by Crippen LogP contribution is -2.31. The van der Waals surface area contributed by atoms with Crippen molar-refractivity contribution in [1.82, 2.24) is 5.32 Å².